The van der Waals surface area contributed by atoms with Crippen molar-refractivity contribution >= 4 is 23.4 Å². The Hall–Kier alpha value is -4.13. The van der Waals surface area contributed by atoms with Crippen LogP contribution < -0.4 is 15.5 Å². The molecule has 3 amide bonds. The largest absolute Gasteiger partial charge is 0.378 e. The van der Waals surface area contributed by atoms with E-state index in [0.717, 1.165) is 0 Å². The predicted octanol–water partition coefficient (Wildman–Crippen LogP) is 1.77. The highest BCUT2D eigenvalue weighted by Crippen LogP contribution is 2.27. The zero-order valence-corrected chi connectivity index (χ0v) is 20.2. The fourth-order valence-corrected chi connectivity index (χ4v) is 4.27. The molecule has 13 heteroatoms. The molecule has 2 aromatic heterocycles. The first-order valence-corrected chi connectivity index (χ1v) is 12.1. The van der Waals surface area contributed by atoms with E-state index in [4.69, 9.17) is 13.8 Å². The number of morpholine rings is 1. The zero-order chi connectivity index (χ0) is 25.6. The minimum absolute atomic E-state index is 0.0625. The van der Waals surface area contributed by atoms with Crippen molar-refractivity contribution in [2.75, 3.05) is 69.2 Å². The maximum Gasteiger partial charge on any atom is 0.317 e. The number of carbonyl (C=O) groups excluding carboxylic acids is 2. The normalized spacial score (nSPS) is 16.1. The number of rotatable bonds is 7. The Morgan fingerprint density at radius 2 is 1.78 bits per heavy atom. The van der Waals surface area contributed by atoms with E-state index in [-0.39, 0.29) is 24.3 Å². The average Bonchev–Trinajstić information content (AvgIpc) is 3.63. The number of ether oxygens (including phenoxy) is 1. The van der Waals surface area contributed by atoms with Gasteiger partial charge < -0.3 is 39.1 Å². The van der Waals surface area contributed by atoms with E-state index in [2.05, 4.69) is 20.9 Å². The quantitative estimate of drug-likeness (QED) is 0.486. The number of carbonyl (C=O) groups is 2. The number of urea groups is 1. The molecule has 2 saturated heterocycles. The monoisotopic (exact) mass is 513 g/mol. The number of piperazine rings is 1. The molecule has 0 aliphatic carbocycles. The van der Waals surface area contributed by atoms with Crippen LogP contribution >= 0.6 is 0 Å². The van der Waals surface area contributed by atoms with Gasteiger partial charge in [-0.15, -0.1) is 0 Å². The molecule has 0 radical (unpaired) electrons. The summed E-state index contributed by atoms with van der Waals surface area (Å²) in [5.41, 5.74) is 1.59. The second kappa shape index (κ2) is 11.3. The number of benzene rings is 1. The van der Waals surface area contributed by atoms with Crippen LogP contribution in [0.4, 0.5) is 20.7 Å². The van der Waals surface area contributed by atoms with E-state index in [0.29, 0.717) is 87.5 Å². The molecule has 0 saturated carbocycles. The fraction of sp³-hybridized carbons (Fsp3) is 0.417. The van der Waals surface area contributed by atoms with Crippen LogP contribution in [0.5, 0.6) is 0 Å². The molecule has 0 atom stereocenters. The van der Waals surface area contributed by atoms with Crippen LogP contribution in [0, 0.1) is 5.82 Å². The minimum atomic E-state index is -0.375. The maximum absolute atomic E-state index is 15.0. The number of hydrogen-bond acceptors (Lipinski definition) is 9. The molecule has 0 spiro atoms. The van der Waals surface area contributed by atoms with Crippen molar-refractivity contribution in [2.45, 2.75) is 6.54 Å². The van der Waals surface area contributed by atoms with Gasteiger partial charge >= 0.3 is 6.03 Å². The summed E-state index contributed by atoms with van der Waals surface area (Å²) < 4.78 is 30.4. The summed E-state index contributed by atoms with van der Waals surface area (Å²) in [4.78, 5) is 30.0. The Bertz CT molecular complexity index is 1200. The molecule has 12 nitrogen and oxygen atoms in total. The number of nitrogens with one attached hydrogen (secondary N) is 2. The van der Waals surface area contributed by atoms with E-state index in [1.54, 1.807) is 34.1 Å². The van der Waals surface area contributed by atoms with Gasteiger partial charge in [0, 0.05) is 57.0 Å². The summed E-state index contributed by atoms with van der Waals surface area (Å²) in [6.07, 6.45) is 1.46. The highest BCUT2D eigenvalue weighted by atomic mass is 19.1. The van der Waals surface area contributed by atoms with Gasteiger partial charge in [-0.25, -0.2) is 9.18 Å². The summed E-state index contributed by atoms with van der Waals surface area (Å²) in [7, 11) is 0. The third kappa shape index (κ3) is 6.00. The van der Waals surface area contributed by atoms with Gasteiger partial charge in [0.1, 0.15) is 17.8 Å². The number of halogens is 1. The number of aromatic nitrogens is 2. The van der Waals surface area contributed by atoms with Crippen molar-refractivity contribution in [1.29, 1.82) is 0 Å². The number of amides is 3. The molecule has 2 N–H and O–H groups in total. The standard InChI is InChI=1S/C24H28FN7O5/c25-19-13-17(20-14-18(37-28-20)15-26-22-3-10-36-29-22)1-2-21(19)30-4-6-31(7-5-30)23(33)16-27-24(34)32-8-11-35-12-9-32/h1-3,10,13-14H,4-9,11-12,15-16H2,(H,26,29)(H,27,34). The molecule has 4 heterocycles. The topological polar surface area (TPSA) is 129 Å². The lowest BCUT2D eigenvalue weighted by Crippen LogP contribution is -2.53. The SMILES string of the molecule is O=C(CNC(=O)N1CCOCC1)N1CCN(c2ccc(-c3cc(CNc4ccon4)on3)cc2F)CC1. The molecule has 37 heavy (non-hydrogen) atoms. The molecule has 0 bridgehead atoms. The second-order valence-electron chi connectivity index (χ2n) is 8.71. The van der Waals surface area contributed by atoms with Gasteiger partial charge in [0.25, 0.3) is 0 Å². The average molecular weight is 514 g/mol. The molecule has 5 rings (SSSR count). The molecule has 3 aromatic rings. The Morgan fingerprint density at radius 3 is 2.51 bits per heavy atom. The Balaban J connectivity index is 1.11. The lowest BCUT2D eigenvalue weighted by atomic mass is 10.1. The Kier molecular flexibility index (Phi) is 7.49. The van der Waals surface area contributed by atoms with Gasteiger partial charge in [-0.1, -0.05) is 16.4 Å². The molecule has 196 valence electrons. The smallest absolute Gasteiger partial charge is 0.317 e. The van der Waals surface area contributed by atoms with E-state index in [1.165, 1.54) is 12.3 Å². The van der Waals surface area contributed by atoms with Gasteiger partial charge in [0.15, 0.2) is 11.6 Å². The van der Waals surface area contributed by atoms with Crippen molar-refractivity contribution in [2.24, 2.45) is 0 Å². The van der Waals surface area contributed by atoms with Crippen LogP contribution in [0.25, 0.3) is 11.3 Å². The van der Waals surface area contributed by atoms with Crippen molar-refractivity contribution in [3.05, 3.63) is 48.2 Å². The first-order chi connectivity index (χ1) is 18.1. The highest BCUT2D eigenvalue weighted by Gasteiger charge is 2.24. The van der Waals surface area contributed by atoms with Crippen molar-refractivity contribution in [1.82, 2.24) is 25.4 Å². The van der Waals surface area contributed by atoms with Crippen molar-refractivity contribution in [3.8, 4) is 11.3 Å². The summed E-state index contributed by atoms with van der Waals surface area (Å²) in [6.45, 7) is 4.20. The number of nitrogens with zero attached hydrogens (tertiary/aromatic N) is 5. The number of hydrogen-bond donors (Lipinski definition) is 2. The maximum atomic E-state index is 15.0. The first-order valence-electron chi connectivity index (χ1n) is 12.1. The van der Waals surface area contributed by atoms with E-state index in [9.17, 15) is 9.59 Å². The molecular formula is C24H28FN7O5. The third-order valence-corrected chi connectivity index (χ3v) is 6.35. The molecule has 2 aliphatic rings. The minimum Gasteiger partial charge on any atom is -0.378 e. The highest BCUT2D eigenvalue weighted by molar-refractivity contribution is 5.84. The molecule has 0 unspecified atom stereocenters. The van der Waals surface area contributed by atoms with Crippen molar-refractivity contribution < 1.29 is 27.8 Å². The van der Waals surface area contributed by atoms with Crippen LogP contribution in [0.3, 0.4) is 0 Å². The molecule has 2 fully saturated rings. The summed E-state index contributed by atoms with van der Waals surface area (Å²) >= 11 is 0. The van der Waals surface area contributed by atoms with Crippen LogP contribution in [-0.4, -0.2) is 91.1 Å². The summed E-state index contributed by atoms with van der Waals surface area (Å²) in [5, 5.41) is 13.5. The molecule has 2 aliphatic heterocycles. The summed E-state index contributed by atoms with van der Waals surface area (Å²) in [6, 6.07) is 8.11. The molecule has 1 aromatic carbocycles. The van der Waals surface area contributed by atoms with Gasteiger partial charge in [0.2, 0.25) is 5.91 Å². The van der Waals surface area contributed by atoms with Crippen LogP contribution in [0.2, 0.25) is 0 Å². The van der Waals surface area contributed by atoms with Crippen molar-refractivity contribution in [3.63, 3.8) is 0 Å². The summed E-state index contributed by atoms with van der Waals surface area (Å²) in [5.74, 6) is 0.620. The lowest BCUT2D eigenvalue weighted by molar-refractivity contribution is -0.130. The van der Waals surface area contributed by atoms with Gasteiger partial charge in [-0.2, -0.15) is 0 Å². The first kappa shape index (κ1) is 24.6. The van der Waals surface area contributed by atoms with E-state index >= 15 is 4.39 Å². The van der Waals surface area contributed by atoms with Gasteiger partial charge in [-0.3, -0.25) is 4.79 Å². The van der Waals surface area contributed by atoms with E-state index in [1.807, 2.05) is 4.90 Å². The molecular weight excluding hydrogens is 485 g/mol. The zero-order valence-electron chi connectivity index (χ0n) is 20.2. The van der Waals surface area contributed by atoms with Crippen LogP contribution in [0.1, 0.15) is 5.76 Å². The van der Waals surface area contributed by atoms with Crippen LogP contribution in [-0.2, 0) is 16.1 Å². The van der Waals surface area contributed by atoms with E-state index < -0.39 is 0 Å². The fourth-order valence-electron chi connectivity index (χ4n) is 4.27. The van der Waals surface area contributed by atoms with Gasteiger partial charge in [-0.05, 0) is 12.1 Å². The van der Waals surface area contributed by atoms with Gasteiger partial charge in [0.05, 0.1) is 32.0 Å². The Labute approximate surface area is 212 Å². The predicted molar refractivity (Wildman–Crippen MR) is 130 cm³/mol. The third-order valence-electron chi connectivity index (χ3n) is 6.35. The number of anilines is 2. The van der Waals surface area contributed by atoms with Crippen LogP contribution in [0.15, 0.2) is 45.6 Å². The lowest BCUT2D eigenvalue weighted by Gasteiger charge is -2.36. The second-order valence-corrected chi connectivity index (χ2v) is 8.71. The Morgan fingerprint density at radius 1 is 0.973 bits per heavy atom.